The second-order valence-electron chi connectivity index (χ2n) is 7.36. The predicted molar refractivity (Wildman–Crippen MR) is 131 cm³/mol. The van der Waals surface area contributed by atoms with E-state index in [4.69, 9.17) is 5.73 Å². The quantitative estimate of drug-likeness (QED) is 0.363. The van der Waals surface area contributed by atoms with Crippen LogP contribution >= 0.6 is 23.1 Å². The van der Waals surface area contributed by atoms with E-state index in [-0.39, 0.29) is 11.9 Å². The van der Waals surface area contributed by atoms with Crippen LogP contribution in [0, 0.1) is 6.92 Å². The molecule has 0 saturated carbocycles. The SMILES string of the molecule is Cc1ccc(-c2csc(NC(=O)C(C)n3c(N)nnc3SCCc3ccccc3)n2)cc1. The molecule has 0 bridgehead atoms. The summed E-state index contributed by atoms with van der Waals surface area (Å²) < 4.78 is 1.67. The third-order valence-electron chi connectivity index (χ3n) is 5.00. The van der Waals surface area contributed by atoms with Crippen LogP contribution in [0.5, 0.6) is 0 Å². The summed E-state index contributed by atoms with van der Waals surface area (Å²) in [4.78, 5) is 17.5. The lowest BCUT2D eigenvalue weighted by Gasteiger charge is -2.15. The van der Waals surface area contributed by atoms with Crippen molar-refractivity contribution >= 4 is 40.1 Å². The van der Waals surface area contributed by atoms with E-state index in [0.717, 1.165) is 23.4 Å². The number of aryl methyl sites for hydroxylation is 2. The number of carbonyl (C=O) groups excluding carboxylic acids is 1. The highest BCUT2D eigenvalue weighted by molar-refractivity contribution is 7.99. The van der Waals surface area contributed by atoms with Crippen LogP contribution in [0.3, 0.4) is 0 Å². The maximum Gasteiger partial charge on any atom is 0.249 e. The first-order valence-corrected chi connectivity index (χ1v) is 12.1. The van der Waals surface area contributed by atoms with Gasteiger partial charge in [0, 0.05) is 16.7 Å². The Kier molecular flexibility index (Phi) is 6.87. The Bertz CT molecular complexity index is 1190. The number of nitrogens with one attached hydrogen (secondary N) is 1. The molecule has 1 amide bonds. The fourth-order valence-corrected chi connectivity index (χ4v) is 4.90. The molecule has 2 aromatic carbocycles. The largest absolute Gasteiger partial charge is 0.368 e. The zero-order chi connectivity index (χ0) is 22.5. The summed E-state index contributed by atoms with van der Waals surface area (Å²) in [5, 5.41) is 14.1. The van der Waals surface area contributed by atoms with E-state index < -0.39 is 6.04 Å². The number of amides is 1. The highest BCUT2D eigenvalue weighted by Crippen LogP contribution is 2.28. The van der Waals surface area contributed by atoms with Crippen LogP contribution in [-0.2, 0) is 11.2 Å². The van der Waals surface area contributed by atoms with Crippen molar-refractivity contribution in [1.29, 1.82) is 0 Å². The molecule has 0 spiro atoms. The first-order valence-electron chi connectivity index (χ1n) is 10.2. The molecule has 9 heteroatoms. The van der Waals surface area contributed by atoms with Crippen LogP contribution < -0.4 is 11.1 Å². The Morgan fingerprint density at radius 2 is 1.91 bits per heavy atom. The van der Waals surface area contributed by atoms with Gasteiger partial charge in [0.05, 0.1) is 5.69 Å². The summed E-state index contributed by atoms with van der Waals surface area (Å²) in [6, 6.07) is 17.8. The molecule has 2 heterocycles. The minimum absolute atomic E-state index is 0.216. The number of rotatable bonds is 8. The first kappa shape index (κ1) is 22.0. The zero-order valence-electron chi connectivity index (χ0n) is 17.9. The monoisotopic (exact) mass is 464 g/mol. The first-order chi connectivity index (χ1) is 15.5. The summed E-state index contributed by atoms with van der Waals surface area (Å²) in [5.74, 6) is 0.809. The van der Waals surface area contributed by atoms with Crippen molar-refractivity contribution < 1.29 is 4.79 Å². The van der Waals surface area contributed by atoms with E-state index in [1.807, 2.05) is 54.8 Å². The smallest absolute Gasteiger partial charge is 0.249 e. The third kappa shape index (κ3) is 5.17. The number of hydrogen-bond acceptors (Lipinski definition) is 7. The highest BCUT2D eigenvalue weighted by Gasteiger charge is 2.23. The van der Waals surface area contributed by atoms with Crippen molar-refractivity contribution in [2.45, 2.75) is 31.5 Å². The Morgan fingerprint density at radius 3 is 2.66 bits per heavy atom. The minimum atomic E-state index is -0.573. The van der Waals surface area contributed by atoms with E-state index in [2.05, 4.69) is 32.6 Å². The predicted octanol–water partition coefficient (Wildman–Crippen LogP) is 4.83. The Balaban J connectivity index is 1.40. The molecule has 1 atom stereocenters. The number of nitrogen functional groups attached to an aromatic ring is 1. The molecular formula is C23H24N6OS2. The van der Waals surface area contributed by atoms with Crippen LogP contribution in [0.1, 0.15) is 24.1 Å². The number of nitrogens with two attached hydrogens (primary N) is 1. The van der Waals surface area contributed by atoms with Crippen LogP contribution in [0.4, 0.5) is 11.1 Å². The van der Waals surface area contributed by atoms with Crippen LogP contribution in [0.15, 0.2) is 65.1 Å². The molecule has 0 saturated heterocycles. The zero-order valence-corrected chi connectivity index (χ0v) is 19.5. The molecule has 0 aliphatic carbocycles. The summed E-state index contributed by atoms with van der Waals surface area (Å²) in [6.07, 6.45) is 0.889. The molecule has 0 aliphatic rings. The molecule has 2 aromatic heterocycles. The topological polar surface area (TPSA) is 98.7 Å². The van der Waals surface area contributed by atoms with E-state index >= 15 is 0 Å². The average Bonchev–Trinajstić information content (AvgIpc) is 3.41. The number of carbonyl (C=O) groups is 1. The van der Waals surface area contributed by atoms with Gasteiger partial charge < -0.3 is 11.1 Å². The van der Waals surface area contributed by atoms with Crippen molar-refractivity contribution in [3.05, 3.63) is 71.1 Å². The number of nitrogens with zero attached hydrogens (tertiary/aromatic N) is 4. The van der Waals surface area contributed by atoms with Crippen LogP contribution in [-0.4, -0.2) is 31.4 Å². The molecule has 3 N–H and O–H groups in total. The molecule has 1 unspecified atom stereocenters. The lowest BCUT2D eigenvalue weighted by Crippen LogP contribution is -2.25. The third-order valence-corrected chi connectivity index (χ3v) is 6.71. The number of anilines is 2. The lowest BCUT2D eigenvalue weighted by atomic mass is 10.1. The fourth-order valence-electron chi connectivity index (χ4n) is 3.17. The summed E-state index contributed by atoms with van der Waals surface area (Å²) in [5.41, 5.74) is 10.3. The molecule has 7 nitrogen and oxygen atoms in total. The van der Waals surface area contributed by atoms with Gasteiger partial charge in [0.15, 0.2) is 10.3 Å². The van der Waals surface area contributed by atoms with Crippen molar-refractivity contribution in [3.63, 3.8) is 0 Å². The lowest BCUT2D eigenvalue weighted by molar-refractivity contribution is -0.118. The van der Waals surface area contributed by atoms with Crippen molar-refractivity contribution in [2.24, 2.45) is 0 Å². The molecule has 0 radical (unpaired) electrons. The Morgan fingerprint density at radius 1 is 1.16 bits per heavy atom. The maximum atomic E-state index is 12.9. The molecule has 4 rings (SSSR count). The summed E-state index contributed by atoms with van der Waals surface area (Å²) in [7, 11) is 0. The molecule has 32 heavy (non-hydrogen) atoms. The molecule has 0 fully saturated rings. The minimum Gasteiger partial charge on any atom is -0.368 e. The molecule has 4 aromatic rings. The standard InChI is InChI=1S/C23H24N6OS2/c1-15-8-10-18(11-9-15)19-14-32-22(25-19)26-20(30)16(2)29-21(24)27-28-23(29)31-13-12-17-6-4-3-5-7-17/h3-11,14,16H,12-13H2,1-2H3,(H2,24,27)(H,25,26,30). The van der Waals surface area contributed by atoms with E-state index in [1.54, 1.807) is 11.5 Å². The highest BCUT2D eigenvalue weighted by atomic mass is 32.2. The van der Waals surface area contributed by atoms with Crippen LogP contribution in [0.25, 0.3) is 11.3 Å². The number of hydrogen-bond donors (Lipinski definition) is 2. The maximum absolute atomic E-state index is 12.9. The van der Waals surface area contributed by atoms with E-state index in [9.17, 15) is 4.79 Å². The molecule has 164 valence electrons. The van der Waals surface area contributed by atoms with Gasteiger partial charge in [-0.25, -0.2) is 4.98 Å². The molecule has 0 aliphatic heterocycles. The van der Waals surface area contributed by atoms with Gasteiger partial charge in [0.2, 0.25) is 11.9 Å². The Hall–Kier alpha value is -3.17. The van der Waals surface area contributed by atoms with Crippen molar-refractivity contribution in [2.75, 3.05) is 16.8 Å². The fraction of sp³-hybridized carbons (Fsp3) is 0.217. The second-order valence-corrected chi connectivity index (χ2v) is 9.28. The van der Waals surface area contributed by atoms with Crippen LogP contribution in [0.2, 0.25) is 0 Å². The van der Waals surface area contributed by atoms with Crippen molar-refractivity contribution in [3.8, 4) is 11.3 Å². The number of aromatic nitrogens is 4. The summed E-state index contributed by atoms with van der Waals surface area (Å²) >= 11 is 2.93. The van der Waals surface area contributed by atoms with Crippen molar-refractivity contribution in [1.82, 2.24) is 19.7 Å². The van der Waals surface area contributed by atoms with E-state index in [1.165, 1.54) is 34.2 Å². The van der Waals surface area contributed by atoms with E-state index in [0.29, 0.717) is 10.3 Å². The van der Waals surface area contributed by atoms with Gasteiger partial charge in [-0.3, -0.25) is 9.36 Å². The Labute approximate surface area is 195 Å². The average molecular weight is 465 g/mol. The summed E-state index contributed by atoms with van der Waals surface area (Å²) in [6.45, 7) is 3.83. The van der Waals surface area contributed by atoms with Gasteiger partial charge in [-0.1, -0.05) is 71.9 Å². The van der Waals surface area contributed by atoms with Gasteiger partial charge in [-0.05, 0) is 25.8 Å². The second kappa shape index (κ2) is 9.97. The number of thiazole rings is 1. The normalized spacial score (nSPS) is 11.9. The van der Waals surface area contributed by atoms with Gasteiger partial charge in [0.1, 0.15) is 6.04 Å². The van der Waals surface area contributed by atoms with Gasteiger partial charge >= 0.3 is 0 Å². The van der Waals surface area contributed by atoms with Gasteiger partial charge in [0.25, 0.3) is 0 Å². The number of thioether (sulfide) groups is 1. The number of benzene rings is 2. The van der Waals surface area contributed by atoms with Gasteiger partial charge in [-0.2, -0.15) is 0 Å². The molecular weight excluding hydrogens is 440 g/mol. The van der Waals surface area contributed by atoms with Gasteiger partial charge in [-0.15, -0.1) is 21.5 Å².